The van der Waals surface area contributed by atoms with Crippen molar-refractivity contribution in [2.75, 3.05) is 13.1 Å². The molecule has 1 heterocycles. The van der Waals surface area contributed by atoms with Crippen LogP contribution in [-0.4, -0.2) is 24.4 Å². The highest BCUT2D eigenvalue weighted by atomic mass is 32.1. The monoisotopic (exact) mass is 132 g/mol. The summed E-state index contributed by atoms with van der Waals surface area (Å²) in [6.45, 7) is 1.02. The van der Waals surface area contributed by atoms with Gasteiger partial charge in [0.1, 0.15) is 0 Å². The van der Waals surface area contributed by atoms with Gasteiger partial charge in [0.25, 0.3) is 0 Å². The largest absolute Gasteiger partial charge is 0.353 e. The number of carbonyl (C=O) groups is 1. The molecule has 0 aromatic heterocycles. The first-order valence-electron chi connectivity index (χ1n) is 2.47. The molecule has 1 amide bonds. The van der Waals surface area contributed by atoms with Gasteiger partial charge in [-0.2, -0.15) is 12.6 Å². The minimum Gasteiger partial charge on any atom is -0.353 e. The van der Waals surface area contributed by atoms with Crippen molar-refractivity contribution in [2.45, 2.75) is 5.37 Å². The Balaban J connectivity index is 2.29. The fraction of sp³-hybridized carbons (Fsp3) is 0.750. The van der Waals surface area contributed by atoms with Gasteiger partial charge in [-0.15, -0.1) is 0 Å². The highest BCUT2D eigenvalue weighted by molar-refractivity contribution is 7.80. The van der Waals surface area contributed by atoms with Crippen LogP contribution in [0.2, 0.25) is 0 Å². The van der Waals surface area contributed by atoms with Gasteiger partial charge < -0.3 is 5.32 Å². The summed E-state index contributed by atoms with van der Waals surface area (Å²) in [7, 11) is 0. The third-order valence-electron chi connectivity index (χ3n) is 0.991. The third-order valence-corrected chi connectivity index (χ3v) is 1.36. The first kappa shape index (κ1) is 5.91. The van der Waals surface area contributed by atoms with Gasteiger partial charge in [-0.05, 0) is 0 Å². The lowest BCUT2D eigenvalue weighted by Crippen LogP contribution is -2.49. The Morgan fingerprint density at radius 2 is 2.50 bits per heavy atom. The second-order valence-corrected chi connectivity index (χ2v) is 2.32. The van der Waals surface area contributed by atoms with Gasteiger partial charge in [-0.25, -0.2) is 0 Å². The van der Waals surface area contributed by atoms with E-state index in [0.29, 0.717) is 13.1 Å². The Kier molecular flexibility index (Phi) is 1.75. The van der Waals surface area contributed by atoms with Gasteiger partial charge in [0.05, 0.1) is 11.9 Å². The lowest BCUT2D eigenvalue weighted by atomic mass is 10.4. The average Bonchev–Trinajstić information content (AvgIpc) is 1.77. The van der Waals surface area contributed by atoms with Crippen LogP contribution in [0.15, 0.2) is 0 Å². The summed E-state index contributed by atoms with van der Waals surface area (Å²) < 4.78 is 0. The highest BCUT2D eigenvalue weighted by Crippen LogP contribution is 1.89. The maximum atomic E-state index is 10.4. The van der Waals surface area contributed by atoms with Crippen LogP contribution in [0.4, 0.5) is 0 Å². The zero-order chi connectivity index (χ0) is 5.98. The molecule has 1 unspecified atom stereocenters. The van der Waals surface area contributed by atoms with E-state index in [-0.39, 0.29) is 11.3 Å². The fourth-order valence-corrected chi connectivity index (χ4v) is 0.738. The fourth-order valence-electron chi connectivity index (χ4n) is 0.556. The van der Waals surface area contributed by atoms with E-state index in [9.17, 15) is 4.79 Å². The summed E-state index contributed by atoms with van der Waals surface area (Å²) in [4.78, 5) is 10.4. The molecule has 0 aromatic carbocycles. The van der Waals surface area contributed by atoms with E-state index in [0.717, 1.165) is 0 Å². The van der Waals surface area contributed by atoms with E-state index in [2.05, 4.69) is 23.3 Å². The summed E-state index contributed by atoms with van der Waals surface area (Å²) in [5, 5.41) is 5.67. The first-order chi connectivity index (χ1) is 3.79. The number of amides is 1. The van der Waals surface area contributed by atoms with Crippen LogP contribution in [-0.2, 0) is 4.79 Å². The van der Waals surface area contributed by atoms with Gasteiger partial charge in [0, 0.05) is 6.54 Å². The minimum atomic E-state index is 0.0512. The Labute approximate surface area is 53.2 Å². The van der Waals surface area contributed by atoms with Crippen LogP contribution < -0.4 is 10.6 Å². The topological polar surface area (TPSA) is 41.1 Å². The molecule has 0 radical (unpaired) electrons. The van der Waals surface area contributed by atoms with E-state index < -0.39 is 0 Å². The zero-order valence-electron chi connectivity index (χ0n) is 4.35. The normalized spacial score (nSPS) is 29.6. The van der Waals surface area contributed by atoms with Crippen LogP contribution in [0.5, 0.6) is 0 Å². The van der Waals surface area contributed by atoms with Gasteiger partial charge in [-0.3, -0.25) is 10.1 Å². The van der Waals surface area contributed by atoms with Gasteiger partial charge in [0.2, 0.25) is 5.91 Å². The van der Waals surface area contributed by atoms with Crippen LogP contribution >= 0.6 is 12.6 Å². The Morgan fingerprint density at radius 3 is 2.88 bits per heavy atom. The van der Waals surface area contributed by atoms with E-state index in [1.165, 1.54) is 0 Å². The molecule has 2 N–H and O–H groups in total. The molecule has 1 saturated heterocycles. The summed E-state index contributed by atoms with van der Waals surface area (Å²) in [5.41, 5.74) is 0. The van der Waals surface area contributed by atoms with Crippen molar-refractivity contribution in [3.05, 3.63) is 0 Å². The highest BCUT2D eigenvalue weighted by Gasteiger charge is 2.11. The second-order valence-electron chi connectivity index (χ2n) is 1.70. The van der Waals surface area contributed by atoms with Crippen molar-refractivity contribution in [1.82, 2.24) is 10.6 Å². The Hall–Kier alpha value is -0.220. The van der Waals surface area contributed by atoms with Crippen molar-refractivity contribution < 1.29 is 4.79 Å². The Morgan fingerprint density at radius 1 is 1.75 bits per heavy atom. The quantitative estimate of drug-likeness (QED) is 0.369. The molecule has 0 bridgehead atoms. The van der Waals surface area contributed by atoms with Crippen LogP contribution in [0.3, 0.4) is 0 Å². The molecule has 0 saturated carbocycles. The number of thiol groups is 1. The summed E-state index contributed by atoms with van der Waals surface area (Å²) in [6, 6.07) is 0. The lowest BCUT2D eigenvalue weighted by Gasteiger charge is -2.18. The van der Waals surface area contributed by atoms with Crippen molar-refractivity contribution in [1.29, 1.82) is 0 Å². The van der Waals surface area contributed by atoms with Gasteiger partial charge in [0.15, 0.2) is 0 Å². The van der Waals surface area contributed by atoms with Crippen LogP contribution in [0.25, 0.3) is 0 Å². The molecule has 8 heavy (non-hydrogen) atoms. The molecule has 0 spiro atoms. The minimum absolute atomic E-state index is 0.0512. The standard InChI is InChI=1S/C4H8N2OS/c7-3-1-6-4(8)2-5-3/h4,6,8H,1-2H2,(H,5,7). The van der Waals surface area contributed by atoms with Crippen molar-refractivity contribution in [2.24, 2.45) is 0 Å². The number of nitrogens with one attached hydrogen (secondary N) is 2. The maximum absolute atomic E-state index is 10.4. The SMILES string of the molecule is O=C1CNC(S)CN1. The number of piperazine rings is 1. The lowest BCUT2D eigenvalue weighted by molar-refractivity contribution is -0.121. The molecule has 1 fully saturated rings. The summed E-state index contributed by atoms with van der Waals surface area (Å²) in [5.74, 6) is 0.0512. The summed E-state index contributed by atoms with van der Waals surface area (Å²) in [6.07, 6.45) is 0. The predicted octanol–water partition coefficient (Wildman–Crippen LogP) is -1.04. The Bertz CT molecular complexity index is 96.2. The molecule has 1 aliphatic heterocycles. The number of hydrogen-bond donors (Lipinski definition) is 3. The van der Waals surface area contributed by atoms with Crippen LogP contribution in [0.1, 0.15) is 0 Å². The van der Waals surface area contributed by atoms with Crippen molar-refractivity contribution >= 4 is 18.5 Å². The molecule has 1 atom stereocenters. The molecule has 1 rings (SSSR count). The van der Waals surface area contributed by atoms with E-state index in [4.69, 9.17) is 0 Å². The number of hydrogen-bond acceptors (Lipinski definition) is 3. The average molecular weight is 132 g/mol. The molecule has 1 aliphatic rings. The smallest absolute Gasteiger partial charge is 0.234 e. The van der Waals surface area contributed by atoms with Gasteiger partial charge >= 0.3 is 0 Å². The molecular formula is C4H8N2OS. The van der Waals surface area contributed by atoms with E-state index in [1.807, 2.05) is 0 Å². The molecule has 0 aliphatic carbocycles. The van der Waals surface area contributed by atoms with Crippen molar-refractivity contribution in [3.63, 3.8) is 0 Å². The predicted molar refractivity (Wildman–Crippen MR) is 33.8 cm³/mol. The molecule has 3 nitrogen and oxygen atoms in total. The number of rotatable bonds is 0. The van der Waals surface area contributed by atoms with Gasteiger partial charge in [-0.1, -0.05) is 0 Å². The third kappa shape index (κ3) is 1.38. The molecule has 46 valence electrons. The maximum Gasteiger partial charge on any atom is 0.234 e. The van der Waals surface area contributed by atoms with E-state index in [1.54, 1.807) is 0 Å². The zero-order valence-corrected chi connectivity index (χ0v) is 5.24. The second kappa shape index (κ2) is 2.37. The molecule has 0 aromatic rings. The first-order valence-corrected chi connectivity index (χ1v) is 2.99. The van der Waals surface area contributed by atoms with E-state index >= 15 is 0 Å². The summed E-state index contributed by atoms with van der Waals surface area (Å²) >= 11 is 4.08. The number of carbonyl (C=O) groups excluding carboxylic acids is 1. The molecular weight excluding hydrogens is 124 g/mol. The molecule has 4 heteroatoms. The van der Waals surface area contributed by atoms with Crippen molar-refractivity contribution in [3.8, 4) is 0 Å². The van der Waals surface area contributed by atoms with Crippen LogP contribution in [0, 0.1) is 0 Å².